The Hall–Kier alpha value is -2.82. The summed E-state index contributed by atoms with van der Waals surface area (Å²) in [5.41, 5.74) is 2.57. The first-order valence-electron chi connectivity index (χ1n) is 6.07. The molecule has 2 heterocycles. The second kappa shape index (κ2) is 5.05. The third kappa shape index (κ3) is 2.21. The zero-order valence-electron chi connectivity index (χ0n) is 10.8. The number of ether oxygens (including phenoxy) is 1. The number of nitrogens with one attached hydrogen (secondary N) is 1. The maximum Gasteiger partial charge on any atom is 0.368 e. The van der Waals surface area contributed by atoms with Gasteiger partial charge in [-0.15, -0.1) is 0 Å². The fourth-order valence-corrected chi connectivity index (χ4v) is 1.96. The van der Waals surface area contributed by atoms with Gasteiger partial charge >= 0.3 is 5.97 Å². The molecular formula is C15H12N2O3. The fraction of sp³-hybridized carbons (Fsp3) is 0.0667. The van der Waals surface area contributed by atoms with Crippen LogP contribution in [0.4, 0.5) is 0 Å². The smallest absolute Gasteiger partial charge is 0.368 e. The first-order valence-corrected chi connectivity index (χ1v) is 6.07. The average molecular weight is 268 g/mol. The van der Waals surface area contributed by atoms with E-state index < -0.39 is 5.97 Å². The van der Waals surface area contributed by atoms with Crippen LogP contribution in [-0.4, -0.2) is 23.8 Å². The summed E-state index contributed by atoms with van der Waals surface area (Å²) in [5, 5.41) is 3.85. The summed E-state index contributed by atoms with van der Waals surface area (Å²) < 4.78 is 5.11. The van der Waals surface area contributed by atoms with Crippen LogP contribution >= 0.6 is 0 Å². The van der Waals surface area contributed by atoms with Crippen molar-refractivity contribution in [1.29, 1.82) is 0 Å². The summed E-state index contributed by atoms with van der Waals surface area (Å²) >= 11 is 0. The summed E-state index contributed by atoms with van der Waals surface area (Å²) in [6.45, 7) is 0. The Morgan fingerprint density at radius 2 is 2.05 bits per heavy atom. The van der Waals surface area contributed by atoms with Crippen LogP contribution in [0.3, 0.4) is 0 Å². The number of aromatic nitrogens is 1. The van der Waals surface area contributed by atoms with Gasteiger partial charge in [0, 0.05) is 17.5 Å². The minimum Gasteiger partial charge on any atom is -0.497 e. The lowest BCUT2D eigenvalue weighted by molar-refractivity contribution is -0.136. The van der Waals surface area contributed by atoms with Crippen LogP contribution in [0.2, 0.25) is 0 Å². The molecule has 20 heavy (non-hydrogen) atoms. The quantitative estimate of drug-likeness (QED) is 0.686. The highest BCUT2D eigenvalue weighted by Crippen LogP contribution is 2.22. The van der Waals surface area contributed by atoms with Crippen molar-refractivity contribution in [3.8, 4) is 5.75 Å². The normalized spacial score (nSPS) is 16.1. The highest BCUT2D eigenvalue weighted by atomic mass is 16.7. The number of carbonyl (C=O) groups excluding carboxylic acids is 1. The van der Waals surface area contributed by atoms with Crippen molar-refractivity contribution in [1.82, 2.24) is 4.98 Å². The number of oxime groups is 1. The van der Waals surface area contributed by atoms with E-state index in [4.69, 9.17) is 9.57 Å². The summed E-state index contributed by atoms with van der Waals surface area (Å²) in [6, 6.07) is 11.0. The molecule has 0 saturated heterocycles. The van der Waals surface area contributed by atoms with Crippen molar-refractivity contribution in [3.63, 3.8) is 0 Å². The monoisotopic (exact) mass is 268 g/mol. The second-order valence-electron chi connectivity index (χ2n) is 4.23. The number of nitrogens with zero attached hydrogens (tertiary/aromatic N) is 1. The summed E-state index contributed by atoms with van der Waals surface area (Å²) in [4.78, 5) is 19.6. The van der Waals surface area contributed by atoms with Crippen LogP contribution in [0.15, 0.2) is 53.3 Å². The Balaban J connectivity index is 1.97. The largest absolute Gasteiger partial charge is 0.497 e. The Morgan fingerprint density at radius 1 is 1.25 bits per heavy atom. The zero-order chi connectivity index (χ0) is 13.9. The van der Waals surface area contributed by atoms with Gasteiger partial charge in [0.25, 0.3) is 0 Å². The molecule has 0 amide bonds. The molecule has 0 saturated carbocycles. The standard InChI is InChI=1S/C15H12N2O3/c1-19-12-6-4-10(5-7-12)14-13(15(18)20-17-14)9-11-3-2-8-16-11/h2-9,16H,1H3. The van der Waals surface area contributed by atoms with E-state index in [-0.39, 0.29) is 0 Å². The maximum absolute atomic E-state index is 11.8. The molecule has 100 valence electrons. The van der Waals surface area contributed by atoms with E-state index in [1.807, 2.05) is 36.4 Å². The van der Waals surface area contributed by atoms with Gasteiger partial charge in [0.15, 0.2) is 0 Å². The summed E-state index contributed by atoms with van der Waals surface area (Å²) in [7, 11) is 1.60. The molecule has 2 aromatic rings. The maximum atomic E-state index is 11.8. The van der Waals surface area contributed by atoms with Crippen LogP contribution in [0.5, 0.6) is 5.75 Å². The molecule has 1 aliphatic heterocycles. The molecule has 1 aromatic carbocycles. The van der Waals surface area contributed by atoms with E-state index in [1.54, 1.807) is 19.4 Å². The van der Waals surface area contributed by atoms with E-state index in [0.717, 1.165) is 17.0 Å². The number of methoxy groups -OCH3 is 1. The van der Waals surface area contributed by atoms with E-state index in [2.05, 4.69) is 10.1 Å². The van der Waals surface area contributed by atoms with Gasteiger partial charge in [-0.2, -0.15) is 0 Å². The third-order valence-electron chi connectivity index (χ3n) is 2.98. The highest BCUT2D eigenvalue weighted by molar-refractivity contribution is 6.31. The molecule has 5 heteroatoms. The predicted octanol–water partition coefficient (Wildman–Crippen LogP) is 2.37. The van der Waals surface area contributed by atoms with E-state index >= 15 is 0 Å². The van der Waals surface area contributed by atoms with Gasteiger partial charge < -0.3 is 14.6 Å². The molecular weight excluding hydrogens is 256 g/mol. The first-order chi connectivity index (χ1) is 9.78. The van der Waals surface area contributed by atoms with Gasteiger partial charge in [0.2, 0.25) is 0 Å². The molecule has 0 atom stereocenters. The minimum atomic E-state index is -0.453. The van der Waals surface area contributed by atoms with Crippen LogP contribution in [-0.2, 0) is 9.63 Å². The molecule has 0 unspecified atom stereocenters. The van der Waals surface area contributed by atoms with E-state index in [0.29, 0.717) is 11.3 Å². The lowest BCUT2D eigenvalue weighted by Crippen LogP contribution is -2.06. The molecule has 1 aliphatic rings. The van der Waals surface area contributed by atoms with Gasteiger partial charge in [-0.25, -0.2) is 4.79 Å². The van der Waals surface area contributed by atoms with Crippen LogP contribution in [0.25, 0.3) is 6.08 Å². The number of hydrogen-bond acceptors (Lipinski definition) is 4. The Bertz CT molecular complexity index is 682. The average Bonchev–Trinajstić information content (AvgIpc) is 3.11. The molecule has 0 bridgehead atoms. The highest BCUT2D eigenvalue weighted by Gasteiger charge is 2.26. The van der Waals surface area contributed by atoms with Crippen molar-refractivity contribution in [2.24, 2.45) is 5.16 Å². The number of rotatable bonds is 3. The second-order valence-corrected chi connectivity index (χ2v) is 4.23. The molecule has 0 fully saturated rings. The first kappa shape index (κ1) is 12.2. The fourth-order valence-electron chi connectivity index (χ4n) is 1.96. The molecule has 3 rings (SSSR count). The lowest BCUT2D eigenvalue weighted by atomic mass is 10.0. The molecule has 0 spiro atoms. The van der Waals surface area contributed by atoms with Crippen molar-refractivity contribution < 1.29 is 14.4 Å². The number of aromatic amines is 1. The van der Waals surface area contributed by atoms with E-state index in [1.165, 1.54) is 0 Å². The van der Waals surface area contributed by atoms with Crippen LogP contribution in [0.1, 0.15) is 11.3 Å². The number of H-pyrrole nitrogens is 1. The topological polar surface area (TPSA) is 63.7 Å². The lowest BCUT2D eigenvalue weighted by Gasteiger charge is -2.02. The number of hydrogen-bond donors (Lipinski definition) is 1. The SMILES string of the molecule is COc1ccc(C2=NOC(=O)C2=Cc2ccc[nH]2)cc1. The molecule has 5 nitrogen and oxygen atoms in total. The van der Waals surface area contributed by atoms with E-state index in [9.17, 15) is 4.79 Å². The predicted molar refractivity (Wildman–Crippen MR) is 74.4 cm³/mol. The van der Waals surface area contributed by atoms with Gasteiger partial charge in [0.05, 0.1) is 12.7 Å². The van der Waals surface area contributed by atoms with Gasteiger partial charge in [-0.1, -0.05) is 5.16 Å². The number of benzene rings is 1. The molecule has 1 aromatic heterocycles. The Kier molecular flexibility index (Phi) is 3.09. The third-order valence-corrected chi connectivity index (χ3v) is 2.98. The summed E-state index contributed by atoms with van der Waals surface area (Å²) in [5.74, 6) is 0.292. The molecule has 0 radical (unpaired) electrons. The Labute approximate surface area is 115 Å². The van der Waals surface area contributed by atoms with Crippen molar-refractivity contribution >= 4 is 17.8 Å². The molecule has 1 N–H and O–H groups in total. The van der Waals surface area contributed by atoms with Crippen molar-refractivity contribution in [2.75, 3.05) is 7.11 Å². The minimum absolute atomic E-state index is 0.428. The summed E-state index contributed by atoms with van der Waals surface area (Å²) in [6.07, 6.45) is 3.51. The Morgan fingerprint density at radius 3 is 2.70 bits per heavy atom. The zero-order valence-corrected chi connectivity index (χ0v) is 10.8. The van der Waals surface area contributed by atoms with Crippen molar-refractivity contribution in [3.05, 3.63) is 59.4 Å². The van der Waals surface area contributed by atoms with Crippen molar-refractivity contribution in [2.45, 2.75) is 0 Å². The van der Waals surface area contributed by atoms with Crippen LogP contribution in [0, 0.1) is 0 Å². The molecule has 0 aliphatic carbocycles. The number of carbonyl (C=O) groups is 1. The van der Waals surface area contributed by atoms with Crippen LogP contribution < -0.4 is 4.74 Å². The van der Waals surface area contributed by atoms with Gasteiger partial charge in [-0.3, -0.25) is 0 Å². The van der Waals surface area contributed by atoms with Gasteiger partial charge in [-0.05, 0) is 42.5 Å². The van der Waals surface area contributed by atoms with Gasteiger partial charge in [0.1, 0.15) is 11.5 Å².